The molecule has 6 heteroatoms. The standard InChI is InChI=1S/C22H24FN3O2/c1-4-19(25-14(3)27)22(28)24-12-15-5-10-20-18(11-15)13(2)21(26-20)16-6-8-17(23)9-7-16/h5-11,19,26H,4,12H2,1-3H3,(H,24,28)(H,25,27)/t19-/m1/s1. The summed E-state index contributed by atoms with van der Waals surface area (Å²) in [4.78, 5) is 26.8. The lowest BCUT2D eigenvalue weighted by Crippen LogP contribution is -2.45. The summed E-state index contributed by atoms with van der Waals surface area (Å²) in [6.45, 7) is 5.65. The molecule has 0 unspecified atom stereocenters. The number of rotatable bonds is 6. The van der Waals surface area contributed by atoms with E-state index in [1.807, 2.05) is 32.0 Å². The molecule has 3 aromatic rings. The Morgan fingerprint density at radius 3 is 2.50 bits per heavy atom. The van der Waals surface area contributed by atoms with E-state index in [2.05, 4.69) is 15.6 Å². The topological polar surface area (TPSA) is 74.0 Å². The van der Waals surface area contributed by atoms with E-state index in [0.29, 0.717) is 13.0 Å². The van der Waals surface area contributed by atoms with Crippen LogP contribution < -0.4 is 10.6 Å². The molecule has 1 aromatic heterocycles. The summed E-state index contributed by atoms with van der Waals surface area (Å²) in [5.41, 5.74) is 4.89. The summed E-state index contributed by atoms with van der Waals surface area (Å²) in [7, 11) is 0. The van der Waals surface area contributed by atoms with Crippen LogP contribution >= 0.6 is 0 Å². The molecule has 1 atom stereocenters. The second kappa shape index (κ2) is 8.25. The maximum atomic E-state index is 13.2. The average molecular weight is 381 g/mol. The van der Waals surface area contributed by atoms with Crippen molar-refractivity contribution in [1.29, 1.82) is 0 Å². The largest absolute Gasteiger partial charge is 0.354 e. The van der Waals surface area contributed by atoms with Gasteiger partial charge < -0.3 is 15.6 Å². The fourth-order valence-electron chi connectivity index (χ4n) is 3.30. The summed E-state index contributed by atoms with van der Waals surface area (Å²) < 4.78 is 13.2. The third kappa shape index (κ3) is 4.22. The summed E-state index contributed by atoms with van der Waals surface area (Å²) in [5.74, 6) is -0.685. The highest BCUT2D eigenvalue weighted by Gasteiger charge is 2.17. The Balaban J connectivity index is 1.79. The van der Waals surface area contributed by atoms with Crippen LogP contribution in [0.2, 0.25) is 0 Å². The van der Waals surface area contributed by atoms with E-state index in [1.54, 1.807) is 12.1 Å². The molecule has 3 rings (SSSR count). The van der Waals surface area contributed by atoms with Crippen molar-refractivity contribution in [2.75, 3.05) is 0 Å². The highest BCUT2D eigenvalue weighted by Crippen LogP contribution is 2.30. The SMILES string of the molecule is CC[C@@H](NC(C)=O)C(=O)NCc1ccc2[nH]c(-c3ccc(F)cc3)c(C)c2c1. The number of H-pyrrole nitrogens is 1. The van der Waals surface area contributed by atoms with Crippen molar-refractivity contribution in [1.82, 2.24) is 15.6 Å². The Bertz CT molecular complexity index is 1010. The normalized spacial score (nSPS) is 12.0. The highest BCUT2D eigenvalue weighted by molar-refractivity contribution is 5.91. The molecule has 0 bridgehead atoms. The van der Waals surface area contributed by atoms with Crippen molar-refractivity contribution in [2.45, 2.75) is 39.8 Å². The van der Waals surface area contributed by atoms with Crippen LogP contribution in [-0.4, -0.2) is 22.8 Å². The number of aromatic amines is 1. The third-order valence-electron chi connectivity index (χ3n) is 4.82. The van der Waals surface area contributed by atoms with Gasteiger partial charge >= 0.3 is 0 Å². The van der Waals surface area contributed by atoms with E-state index in [4.69, 9.17) is 0 Å². The fraction of sp³-hybridized carbons (Fsp3) is 0.273. The van der Waals surface area contributed by atoms with Crippen LogP contribution in [0.15, 0.2) is 42.5 Å². The maximum absolute atomic E-state index is 13.2. The van der Waals surface area contributed by atoms with Crippen molar-refractivity contribution >= 4 is 22.7 Å². The Labute approximate surface area is 163 Å². The van der Waals surface area contributed by atoms with Crippen LogP contribution in [0.3, 0.4) is 0 Å². The van der Waals surface area contributed by atoms with E-state index >= 15 is 0 Å². The monoisotopic (exact) mass is 381 g/mol. The van der Waals surface area contributed by atoms with E-state index < -0.39 is 6.04 Å². The Kier molecular flexibility index (Phi) is 5.78. The lowest BCUT2D eigenvalue weighted by Gasteiger charge is -2.15. The molecular weight excluding hydrogens is 357 g/mol. The molecule has 0 aliphatic carbocycles. The molecule has 0 aliphatic rings. The van der Waals surface area contributed by atoms with Crippen LogP contribution in [0, 0.1) is 12.7 Å². The van der Waals surface area contributed by atoms with E-state index in [0.717, 1.165) is 33.3 Å². The van der Waals surface area contributed by atoms with Crippen LogP contribution in [0.25, 0.3) is 22.2 Å². The number of carbonyl (C=O) groups excluding carboxylic acids is 2. The molecule has 1 heterocycles. The first-order chi connectivity index (χ1) is 13.4. The van der Waals surface area contributed by atoms with Crippen LogP contribution in [-0.2, 0) is 16.1 Å². The molecule has 2 amide bonds. The van der Waals surface area contributed by atoms with Crippen LogP contribution in [0.1, 0.15) is 31.4 Å². The minimum atomic E-state index is -0.527. The molecule has 0 saturated heterocycles. The number of amides is 2. The number of hydrogen-bond donors (Lipinski definition) is 3. The summed E-state index contributed by atoms with van der Waals surface area (Å²) in [6.07, 6.45) is 0.530. The zero-order valence-electron chi connectivity index (χ0n) is 16.2. The van der Waals surface area contributed by atoms with Crippen LogP contribution in [0.4, 0.5) is 4.39 Å². The van der Waals surface area contributed by atoms with Gasteiger partial charge in [0.05, 0.1) is 0 Å². The van der Waals surface area contributed by atoms with Gasteiger partial charge in [-0.25, -0.2) is 4.39 Å². The number of hydrogen-bond acceptors (Lipinski definition) is 2. The maximum Gasteiger partial charge on any atom is 0.242 e. The number of benzene rings is 2. The van der Waals surface area contributed by atoms with Gasteiger partial charge in [-0.15, -0.1) is 0 Å². The Morgan fingerprint density at radius 1 is 1.14 bits per heavy atom. The van der Waals surface area contributed by atoms with Gasteiger partial charge in [-0.3, -0.25) is 9.59 Å². The zero-order valence-corrected chi connectivity index (χ0v) is 16.2. The van der Waals surface area contributed by atoms with Crippen LogP contribution in [0.5, 0.6) is 0 Å². The summed E-state index contributed by atoms with van der Waals surface area (Å²) in [5, 5.41) is 6.58. The van der Waals surface area contributed by atoms with Gasteiger partial charge in [0.1, 0.15) is 11.9 Å². The third-order valence-corrected chi connectivity index (χ3v) is 4.82. The lowest BCUT2D eigenvalue weighted by atomic mass is 10.0. The van der Waals surface area contributed by atoms with Crippen molar-refractivity contribution in [3.63, 3.8) is 0 Å². The summed E-state index contributed by atoms with van der Waals surface area (Å²) in [6, 6.07) is 11.8. The van der Waals surface area contributed by atoms with Crippen molar-refractivity contribution < 1.29 is 14.0 Å². The van der Waals surface area contributed by atoms with Gasteiger partial charge in [-0.05, 0) is 66.4 Å². The quantitative estimate of drug-likeness (QED) is 0.607. The predicted octanol–water partition coefficient (Wildman–Crippen LogP) is 3.81. The Morgan fingerprint density at radius 2 is 1.86 bits per heavy atom. The average Bonchev–Trinajstić information content (AvgIpc) is 3.01. The first-order valence-corrected chi connectivity index (χ1v) is 9.31. The fourth-order valence-corrected chi connectivity index (χ4v) is 3.30. The molecular formula is C22H24FN3O2. The number of carbonyl (C=O) groups is 2. The molecule has 0 fully saturated rings. The molecule has 0 radical (unpaired) electrons. The van der Waals surface area contributed by atoms with Crippen molar-refractivity contribution in [3.05, 3.63) is 59.4 Å². The van der Waals surface area contributed by atoms with Gasteiger partial charge in [0, 0.05) is 30.1 Å². The second-order valence-corrected chi connectivity index (χ2v) is 6.89. The minimum absolute atomic E-state index is 0.199. The van der Waals surface area contributed by atoms with Crippen molar-refractivity contribution in [3.8, 4) is 11.3 Å². The first kappa shape index (κ1) is 19.6. The number of fused-ring (bicyclic) bond motifs is 1. The number of aryl methyl sites for hydroxylation is 1. The first-order valence-electron chi connectivity index (χ1n) is 9.31. The number of aromatic nitrogens is 1. The summed E-state index contributed by atoms with van der Waals surface area (Å²) >= 11 is 0. The highest BCUT2D eigenvalue weighted by atomic mass is 19.1. The smallest absolute Gasteiger partial charge is 0.242 e. The minimum Gasteiger partial charge on any atom is -0.354 e. The predicted molar refractivity (Wildman–Crippen MR) is 108 cm³/mol. The lowest BCUT2D eigenvalue weighted by molar-refractivity contribution is -0.128. The zero-order chi connectivity index (χ0) is 20.3. The van der Waals surface area contributed by atoms with Gasteiger partial charge in [0.25, 0.3) is 0 Å². The molecule has 2 aromatic carbocycles. The molecule has 28 heavy (non-hydrogen) atoms. The van der Waals surface area contributed by atoms with Crippen molar-refractivity contribution in [2.24, 2.45) is 0 Å². The van der Waals surface area contributed by atoms with Gasteiger partial charge in [0.15, 0.2) is 0 Å². The van der Waals surface area contributed by atoms with Gasteiger partial charge in [-0.1, -0.05) is 13.0 Å². The Hall–Kier alpha value is -3.15. The van der Waals surface area contributed by atoms with E-state index in [9.17, 15) is 14.0 Å². The molecule has 0 spiro atoms. The molecule has 146 valence electrons. The van der Waals surface area contributed by atoms with E-state index in [-0.39, 0.29) is 17.6 Å². The molecule has 0 saturated carbocycles. The number of halogens is 1. The number of nitrogens with one attached hydrogen (secondary N) is 3. The molecule has 5 nitrogen and oxygen atoms in total. The molecule has 0 aliphatic heterocycles. The van der Waals surface area contributed by atoms with Gasteiger partial charge in [0.2, 0.25) is 11.8 Å². The molecule has 3 N–H and O–H groups in total. The van der Waals surface area contributed by atoms with E-state index in [1.165, 1.54) is 19.1 Å². The second-order valence-electron chi connectivity index (χ2n) is 6.89. The van der Waals surface area contributed by atoms with Gasteiger partial charge in [-0.2, -0.15) is 0 Å².